The van der Waals surface area contributed by atoms with Gasteiger partial charge in [0.2, 0.25) is 0 Å². The van der Waals surface area contributed by atoms with E-state index in [0.29, 0.717) is 17.5 Å². The molecule has 236 valence electrons. The third-order valence-corrected chi connectivity index (χ3v) is 10.4. The minimum absolute atomic E-state index is 0.140. The second-order valence-electron chi connectivity index (χ2n) is 13.6. The number of nitrogens with zero attached hydrogens (tertiary/aromatic N) is 3. The van der Waals surface area contributed by atoms with Crippen molar-refractivity contribution in [3.8, 4) is 56.4 Å². The van der Waals surface area contributed by atoms with Crippen molar-refractivity contribution < 1.29 is 4.42 Å². The first-order valence-electron chi connectivity index (χ1n) is 17.0. The summed E-state index contributed by atoms with van der Waals surface area (Å²) in [5.74, 6) is 1.84. The van der Waals surface area contributed by atoms with E-state index in [2.05, 4.69) is 141 Å². The third-order valence-electron chi connectivity index (χ3n) is 10.4. The standard InChI is InChI=1S/C46H31N3O/c1-46(2)38-18-7-5-14-35(38)41-36(16-10-19-39(41)46)44-47-43(30-24-21-29(22-25-30)32-26-23-28-11-3-4-12-31(28)27-32)48-45(49-44)37-17-9-15-34-33-13-6-8-20-40(33)50-42(34)37/h3-27H,1-2H3. The fraction of sp³-hybridized carbons (Fsp3) is 0.0652. The maximum absolute atomic E-state index is 6.47. The number of rotatable bonds is 4. The number of benzene rings is 7. The predicted octanol–water partition coefficient (Wildman–Crippen LogP) is 11.9. The number of para-hydroxylation sites is 2. The van der Waals surface area contributed by atoms with Crippen molar-refractivity contribution in [2.24, 2.45) is 0 Å². The van der Waals surface area contributed by atoms with Crippen molar-refractivity contribution in [3.05, 3.63) is 163 Å². The highest BCUT2D eigenvalue weighted by Crippen LogP contribution is 2.51. The van der Waals surface area contributed by atoms with E-state index in [1.54, 1.807) is 0 Å². The van der Waals surface area contributed by atoms with E-state index in [-0.39, 0.29) is 5.41 Å². The molecule has 10 rings (SSSR count). The highest BCUT2D eigenvalue weighted by molar-refractivity contribution is 6.09. The molecule has 4 heteroatoms. The number of hydrogen-bond acceptors (Lipinski definition) is 4. The van der Waals surface area contributed by atoms with Crippen molar-refractivity contribution in [2.75, 3.05) is 0 Å². The number of hydrogen-bond donors (Lipinski definition) is 0. The molecule has 4 nitrogen and oxygen atoms in total. The van der Waals surface area contributed by atoms with Crippen LogP contribution in [0.3, 0.4) is 0 Å². The summed E-state index contributed by atoms with van der Waals surface area (Å²) >= 11 is 0. The van der Waals surface area contributed by atoms with Crippen LogP contribution in [0.4, 0.5) is 0 Å². The van der Waals surface area contributed by atoms with Crippen LogP contribution in [0.1, 0.15) is 25.0 Å². The molecule has 50 heavy (non-hydrogen) atoms. The van der Waals surface area contributed by atoms with Gasteiger partial charge in [0.15, 0.2) is 17.5 Å². The minimum Gasteiger partial charge on any atom is -0.455 e. The Labute approximate surface area is 289 Å². The number of aromatic nitrogens is 3. The fourth-order valence-corrected chi connectivity index (χ4v) is 7.79. The van der Waals surface area contributed by atoms with Crippen molar-refractivity contribution in [1.29, 1.82) is 0 Å². The molecule has 0 amide bonds. The van der Waals surface area contributed by atoms with Crippen molar-refractivity contribution in [1.82, 2.24) is 15.0 Å². The zero-order chi connectivity index (χ0) is 33.4. The predicted molar refractivity (Wildman–Crippen MR) is 204 cm³/mol. The minimum atomic E-state index is -0.140. The van der Waals surface area contributed by atoms with E-state index in [1.165, 1.54) is 38.6 Å². The van der Waals surface area contributed by atoms with Gasteiger partial charge in [-0.1, -0.05) is 147 Å². The summed E-state index contributed by atoms with van der Waals surface area (Å²) in [5.41, 5.74) is 11.5. The molecule has 0 saturated carbocycles. The van der Waals surface area contributed by atoms with Gasteiger partial charge in [0.25, 0.3) is 0 Å². The summed E-state index contributed by atoms with van der Waals surface area (Å²) in [7, 11) is 0. The van der Waals surface area contributed by atoms with Crippen LogP contribution in [0.5, 0.6) is 0 Å². The summed E-state index contributed by atoms with van der Waals surface area (Å²) in [6, 6.07) is 53.2. The van der Waals surface area contributed by atoms with Crippen LogP contribution >= 0.6 is 0 Å². The molecule has 0 N–H and O–H groups in total. The Morgan fingerprint density at radius 3 is 1.92 bits per heavy atom. The van der Waals surface area contributed by atoms with Crippen LogP contribution in [0.15, 0.2) is 156 Å². The Balaban J connectivity index is 1.18. The first-order valence-corrected chi connectivity index (χ1v) is 17.0. The molecule has 1 aliphatic carbocycles. The molecule has 0 bridgehead atoms. The molecule has 0 spiro atoms. The van der Waals surface area contributed by atoms with Gasteiger partial charge in [-0.15, -0.1) is 0 Å². The Hall–Kier alpha value is -6.39. The zero-order valence-corrected chi connectivity index (χ0v) is 27.7. The summed E-state index contributed by atoms with van der Waals surface area (Å²) < 4.78 is 6.47. The first-order chi connectivity index (χ1) is 24.5. The molecule has 9 aromatic rings. The third kappa shape index (κ3) is 4.35. The SMILES string of the molecule is CC1(C)c2ccccc2-c2c(-c3nc(-c4ccc(-c5ccc6ccccc6c5)cc4)nc(-c4cccc5c4oc4ccccc45)n3)cccc21. The molecule has 2 heterocycles. The maximum atomic E-state index is 6.47. The van der Waals surface area contributed by atoms with Crippen LogP contribution in [0.2, 0.25) is 0 Å². The lowest BCUT2D eigenvalue weighted by atomic mass is 9.82. The summed E-state index contributed by atoms with van der Waals surface area (Å²) in [4.78, 5) is 15.6. The van der Waals surface area contributed by atoms with Gasteiger partial charge in [-0.25, -0.2) is 15.0 Å². The number of furan rings is 1. The largest absolute Gasteiger partial charge is 0.455 e. The Morgan fingerprint density at radius 1 is 0.440 bits per heavy atom. The molecule has 0 fully saturated rings. The molecular weight excluding hydrogens is 611 g/mol. The highest BCUT2D eigenvalue weighted by atomic mass is 16.3. The lowest BCUT2D eigenvalue weighted by molar-refractivity contribution is 0.660. The van der Waals surface area contributed by atoms with Crippen LogP contribution in [0, 0.1) is 0 Å². The summed E-state index contributed by atoms with van der Waals surface area (Å²) in [5, 5.41) is 4.57. The van der Waals surface area contributed by atoms with Crippen molar-refractivity contribution in [3.63, 3.8) is 0 Å². The normalized spacial score (nSPS) is 13.2. The molecule has 2 aromatic heterocycles. The van der Waals surface area contributed by atoms with Crippen LogP contribution in [0.25, 0.3) is 89.1 Å². The summed E-state index contributed by atoms with van der Waals surface area (Å²) in [6.07, 6.45) is 0. The smallest absolute Gasteiger partial charge is 0.167 e. The van der Waals surface area contributed by atoms with E-state index in [4.69, 9.17) is 19.4 Å². The van der Waals surface area contributed by atoms with Crippen molar-refractivity contribution in [2.45, 2.75) is 19.3 Å². The van der Waals surface area contributed by atoms with Gasteiger partial charge in [-0.05, 0) is 62.4 Å². The quantitative estimate of drug-likeness (QED) is 0.192. The number of fused-ring (bicyclic) bond motifs is 7. The van der Waals surface area contributed by atoms with E-state index in [1.807, 2.05) is 24.3 Å². The van der Waals surface area contributed by atoms with Gasteiger partial charge in [-0.2, -0.15) is 0 Å². The average molecular weight is 642 g/mol. The topological polar surface area (TPSA) is 51.8 Å². The lowest BCUT2D eigenvalue weighted by Gasteiger charge is -2.21. The molecule has 7 aromatic carbocycles. The monoisotopic (exact) mass is 641 g/mol. The van der Waals surface area contributed by atoms with E-state index < -0.39 is 0 Å². The average Bonchev–Trinajstić information content (AvgIpc) is 3.67. The molecule has 0 atom stereocenters. The van der Waals surface area contributed by atoms with Gasteiger partial charge < -0.3 is 4.42 Å². The molecule has 1 aliphatic rings. The fourth-order valence-electron chi connectivity index (χ4n) is 7.79. The van der Waals surface area contributed by atoms with Crippen LogP contribution < -0.4 is 0 Å². The van der Waals surface area contributed by atoms with Crippen LogP contribution in [-0.2, 0) is 5.41 Å². The summed E-state index contributed by atoms with van der Waals surface area (Å²) in [6.45, 7) is 4.59. The van der Waals surface area contributed by atoms with Crippen molar-refractivity contribution >= 4 is 32.7 Å². The zero-order valence-electron chi connectivity index (χ0n) is 27.7. The lowest BCUT2D eigenvalue weighted by Crippen LogP contribution is -2.14. The van der Waals surface area contributed by atoms with Gasteiger partial charge in [0.05, 0.1) is 5.56 Å². The molecular formula is C46H31N3O. The first kappa shape index (κ1) is 28.6. The van der Waals surface area contributed by atoms with E-state index in [0.717, 1.165) is 44.2 Å². The maximum Gasteiger partial charge on any atom is 0.167 e. The molecule has 0 radical (unpaired) electrons. The van der Waals surface area contributed by atoms with E-state index in [9.17, 15) is 0 Å². The van der Waals surface area contributed by atoms with E-state index >= 15 is 0 Å². The highest BCUT2D eigenvalue weighted by Gasteiger charge is 2.37. The van der Waals surface area contributed by atoms with Gasteiger partial charge >= 0.3 is 0 Å². The molecule has 0 unspecified atom stereocenters. The Morgan fingerprint density at radius 2 is 1.04 bits per heavy atom. The Kier molecular flexibility index (Phi) is 6.19. The van der Waals surface area contributed by atoms with Crippen LogP contribution in [-0.4, -0.2) is 15.0 Å². The second kappa shape index (κ2) is 10.8. The molecule has 0 aliphatic heterocycles. The van der Waals surface area contributed by atoms with Gasteiger partial charge in [0.1, 0.15) is 11.2 Å². The molecule has 0 saturated heterocycles. The Bertz CT molecular complexity index is 2790. The van der Waals surface area contributed by atoms with Gasteiger partial charge in [0, 0.05) is 27.3 Å². The second-order valence-corrected chi connectivity index (χ2v) is 13.6. The van der Waals surface area contributed by atoms with Gasteiger partial charge in [-0.3, -0.25) is 0 Å².